The molecule has 0 atom stereocenters. The van der Waals surface area contributed by atoms with Crippen molar-refractivity contribution >= 4 is 16.5 Å². The number of fused-ring (bicyclic) bond motifs is 1. The molecular formula is C14H17N3O. The van der Waals surface area contributed by atoms with Crippen LogP contribution < -0.4 is 15.0 Å². The predicted molar refractivity (Wildman–Crippen MR) is 73.4 cm³/mol. The first-order chi connectivity index (χ1) is 8.90. The van der Waals surface area contributed by atoms with Crippen LogP contribution in [0.4, 0.5) is 5.69 Å². The molecular weight excluding hydrogens is 226 g/mol. The van der Waals surface area contributed by atoms with E-state index in [2.05, 4.69) is 21.3 Å². The summed E-state index contributed by atoms with van der Waals surface area (Å²) in [7, 11) is 1.73. The van der Waals surface area contributed by atoms with Gasteiger partial charge in [-0.2, -0.15) is 0 Å². The van der Waals surface area contributed by atoms with Gasteiger partial charge in [-0.15, -0.1) is 0 Å². The molecule has 4 heteroatoms. The second-order valence-electron chi connectivity index (χ2n) is 4.45. The van der Waals surface area contributed by atoms with Gasteiger partial charge in [-0.25, -0.2) is 0 Å². The topological polar surface area (TPSA) is 37.4 Å². The number of aromatic nitrogens is 1. The third-order valence-corrected chi connectivity index (χ3v) is 3.41. The van der Waals surface area contributed by atoms with Crippen LogP contribution in [0.5, 0.6) is 5.75 Å². The molecule has 1 aromatic carbocycles. The number of piperazine rings is 1. The van der Waals surface area contributed by atoms with Crippen molar-refractivity contribution in [1.29, 1.82) is 0 Å². The van der Waals surface area contributed by atoms with E-state index in [0.29, 0.717) is 0 Å². The van der Waals surface area contributed by atoms with Crippen LogP contribution >= 0.6 is 0 Å². The number of rotatable bonds is 2. The van der Waals surface area contributed by atoms with Gasteiger partial charge in [0, 0.05) is 44.0 Å². The highest BCUT2D eigenvalue weighted by Gasteiger charge is 2.17. The molecule has 0 radical (unpaired) electrons. The molecule has 2 heterocycles. The van der Waals surface area contributed by atoms with Gasteiger partial charge < -0.3 is 15.0 Å². The molecule has 1 aliphatic rings. The summed E-state index contributed by atoms with van der Waals surface area (Å²) in [5, 5.41) is 5.75. The van der Waals surface area contributed by atoms with Gasteiger partial charge in [0.05, 0.1) is 12.8 Å². The Bertz CT molecular complexity index is 550. The Morgan fingerprint density at radius 3 is 2.83 bits per heavy atom. The lowest BCUT2D eigenvalue weighted by atomic mass is 10.1. The number of ether oxygens (including phenoxy) is 1. The molecule has 1 aromatic heterocycles. The molecule has 1 saturated heterocycles. The van der Waals surface area contributed by atoms with Gasteiger partial charge in [-0.1, -0.05) is 6.07 Å². The van der Waals surface area contributed by atoms with Crippen LogP contribution in [-0.4, -0.2) is 38.3 Å². The van der Waals surface area contributed by atoms with Gasteiger partial charge >= 0.3 is 0 Å². The third kappa shape index (κ3) is 1.88. The second kappa shape index (κ2) is 4.82. The highest BCUT2D eigenvalue weighted by Crippen LogP contribution is 2.35. The first-order valence-electron chi connectivity index (χ1n) is 6.26. The number of hydrogen-bond donors (Lipinski definition) is 1. The average Bonchev–Trinajstić information content (AvgIpc) is 2.47. The molecule has 1 fully saturated rings. The van der Waals surface area contributed by atoms with Crippen molar-refractivity contribution in [3.05, 3.63) is 30.6 Å². The quantitative estimate of drug-likeness (QED) is 0.870. The maximum absolute atomic E-state index is 5.52. The van der Waals surface area contributed by atoms with Crippen molar-refractivity contribution in [3.8, 4) is 5.75 Å². The van der Waals surface area contributed by atoms with Gasteiger partial charge in [0.2, 0.25) is 0 Å². The standard InChI is InChI=1S/C14H17N3O/c1-18-13-3-2-11-4-5-16-10-12(11)14(13)17-8-6-15-7-9-17/h2-5,10,15H,6-9H2,1H3. The highest BCUT2D eigenvalue weighted by atomic mass is 16.5. The smallest absolute Gasteiger partial charge is 0.142 e. The number of pyridine rings is 1. The van der Waals surface area contributed by atoms with Crippen LogP contribution in [0.2, 0.25) is 0 Å². The molecule has 18 heavy (non-hydrogen) atoms. The Morgan fingerprint density at radius 1 is 1.22 bits per heavy atom. The van der Waals surface area contributed by atoms with E-state index in [4.69, 9.17) is 4.74 Å². The van der Waals surface area contributed by atoms with Crippen molar-refractivity contribution in [1.82, 2.24) is 10.3 Å². The number of nitrogens with zero attached hydrogens (tertiary/aromatic N) is 2. The zero-order valence-corrected chi connectivity index (χ0v) is 10.5. The van der Waals surface area contributed by atoms with Crippen LogP contribution in [-0.2, 0) is 0 Å². The average molecular weight is 243 g/mol. The van der Waals surface area contributed by atoms with Crippen molar-refractivity contribution in [2.24, 2.45) is 0 Å². The second-order valence-corrected chi connectivity index (χ2v) is 4.45. The molecule has 0 bridgehead atoms. The Labute approximate surface area is 107 Å². The van der Waals surface area contributed by atoms with Crippen molar-refractivity contribution in [2.45, 2.75) is 0 Å². The van der Waals surface area contributed by atoms with E-state index in [0.717, 1.165) is 31.9 Å². The monoisotopic (exact) mass is 243 g/mol. The van der Waals surface area contributed by atoms with Gasteiger partial charge in [-0.05, 0) is 17.5 Å². The molecule has 3 rings (SSSR count). The van der Waals surface area contributed by atoms with Crippen LogP contribution in [0.1, 0.15) is 0 Å². The van der Waals surface area contributed by atoms with Gasteiger partial charge in [0.25, 0.3) is 0 Å². The molecule has 94 valence electrons. The Kier molecular flexibility index (Phi) is 3.02. The largest absolute Gasteiger partial charge is 0.495 e. The van der Waals surface area contributed by atoms with E-state index in [1.807, 2.05) is 24.5 Å². The summed E-state index contributed by atoms with van der Waals surface area (Å²) in [5.74, 6) is 0.928. The summed E-state index contributed by atoms with van der Waals surface area (Å²) < 4.78 is 5.52. The van der Waals surface area contributed by atoms with Crippen molar-refractivity contribution < 1.29 is 4.74 Å². The zero-order valence-electron chi connectivity index (χ0n) is 10.5. The van der Waals surface area contributed by atoms with E-state index in [-0.39, 0.29) is 0 Å². The Morgan fingerprint density at radius 2 is 2.06 bits per heavy atom. The number of benzene rings is 1. The minimum atomic E-state index is 0.928. The minimum absolute atomic E-state index is 0.928. The van der Waals surface area contributed by atoms with Gasteiger partial charge in [-0.3, -0.25) is 4.98 Å². The number of anilines is 1. The van der Waals surface area contributed by atoms with E-state index in [1.165, 1.54) is 16.5 Å². The van der Waals surface area contributed by atoms with Gasteiger partial charge in [0.15, 0.2) is 0 Å². The highest BCUT2D eigenvalue weighted by molar-refractivity contribution is 5.96. The fourth-order valence-corrected chi connectivity index (χ4v) is 2.50. The summed E-state index contributed by atoms with van der Waals surface area (Å²) >= 11 is 0. The maximum atomic E-state index is 5.52. The lowest BCUT2D eigenvalue weighted by Crippen LogP contribution is -2.43. The van der Waals surface area contributed by atoms with E-state index in [1.54, 1.807) is 7.11 Å². The number of hydrogen-bond acceptors (Lipinski definition) is 4. The van der Waals surface area contributed by atoms with Gasteiger partial charge in [0.1, 0.15) is 5.75 Å². The lowest BCUT2D eigenvalue weighted by Gasteiger charge is -2.31. The predicted octanol–water partition coefficient (Wildman–Crippen LogP) is 1.65. The summed E-state index contributed by atoms with van der Waals surface area (Å²) in [5.41, 5.74) is 1.17. The minimum Gasteiger partial charge on any atom is -0.495 e. The molecule has 2 aromatic rings. The number of methoxy groups -OCH3 is 1. The molecule has 0 unspecified atom stereocenters. The number of nitrogens with one attached hydrogen (secondary N) is 1. The maximum Gasteiger partial charge on any atom is 0.142 e. The molecule has 1 aliphatic heterocycles. The first-order valence-corrected chi connectivity index (χ1v) is 6.26. The molecule has 0 aliphatic carbocycles. The van der Waals surface area contributed by atoms with E-state index >= 15 is 0 Å². The molecule has 1 N–H and O–H groups in total. The SMILES string of the molecule is COc1ccc2ccncc2c1N1CCNCC1. The molecule has 4 nitrogen and oxygen atoms in total. The summed E-state index contributed by atoms with van der Waals surface area (Å²) in [6.45, 7) is 4.04. The first kappa shape index (κ1) is 11.3. The third-order valence-electron chi connectivity index (χ3n) is 3.41. The van der Waals surface area contributed by atoms with E-state index in [9.17, 15) is 0 Å². The summed E-state index contributed by atoms with van der Waals surface area (Å²) in [6.07, 6.45) is 3.76. The lowest BCUT2D eigenvalue weighted by molar-refractivity contribution is 0.413. The van der Waals surface area contributed by atoms with Crippen LogP contribution in [0.3, 0.4) is 0 Å². The molecule has 0 spiro atoms. The van der Waals surface area contributed by atoms with Crippen molar-refractivity contribution in [2.75, 3.05) is 38.2 Å². The van der Waals surface area contributed by atoms with Crippen molar-refractivity contribution in [3.63, 3.8) is 0 Å². The van der Waals surface area contributed by atoms with Crippen LogP contribution in [0.25, 0.3) is 10.8 Å². The fourth-order valence-electron chi connectivity index (χ4n) is 2.50. The van der Waals surface area contributed by atoms with Crippen LogP contribution in [0.15, 0.2) is 30.6 Å². The summed E-state index contributed by atoms with van der Waals surface area (Å²) in [6, 6.07) is 6.17. The summed E-state index contributed by atoms with van der Waals surface area (Å²) in [4.78, 5) is 6.62. The zero-order chi connectivity index (χ0) is 12.4. The fraction of sp³-hybridized carbons (Fsp3) is 0.357. The molecule has 0 saturated carbocycles. The Hall–Kier alpha value is -1.81. The van der Waals surface area contributed by atoms with E-state index < -0.39 is 0 Å². The normalized spacial score (nSPS) is 15.9. The molecule has 0 amide bonds. The van der Waals surface area contributed by atoms with Crippen LogP contribution in [0, 0.1) is 0 Å². The Balaban J connectivity index is 2.16.